The van der Waals surface area contributed by atoms with Gasteiger partial charge < -0.3 is 9.73 Å². The number of aryl methyl sites for hydroxylation is 1. The van der Waals surface area contributed by atoms with Crippen molar-refractivity contribution in [2.45, 2.75) is 25.7 Å². The molecule has 18 heavy (non-hydrogen) atoms. The predicted molar refractivity (Wildman–Crippen MR) is 70.3 cm³/mol. The first-order valence-electron chi connectivity index (χ1n) is 6.58. The van der Waals surface area contributed by atoms with Gasteiger partial charge in [-0.2, -0.15) is 0 Å². The summed E-state index contributed by atoms with van der Waals surface area (Å²) in [7, 11) is 0. The van der Waals surface area contributed by atoms with Crippen LogP contribution in [0, 0.1) is 5.92 Å². The standard InChI is InChI=1S/C15H17NO2/c17-15(11-7-8-11)16-9-3-5-13-10-12-4-1-2-6-14(12)18-13/h1-2,4,6,10-11H,3,5,7-9H2,(H,16,17). The third-order valence-electron chi connectivity index (χ3n) is 3.32. The van der Waals surface area contributed by atoms with Gasteiger partial charge in [0.25, 0.3) is 0 Å². The fraction of sp³-hybridized carbons (Fsp3) is 0.400. The van der Waals surface area contributed by atoms with E-state index in [2.05, 4.69) is 17.4 Å². The topological polar surface area (TPSA) is 42.2 Å². The zero-order valence-corrected chi connectivity index (χ0v) is 10.3. The van der Waals surface area contributed by atoms with Crippen LogP contribution < -0.4 is 5.32 Å². The summed E-state index contributed by atoms with van der Waals surface area (Å²) in [6.07, 6.45) is 3.93. The molecular weight excluding hydrogens is 226 g/mol. The van der Waals surface area contributed by atoms with Crippen LogP contribution in [0.2, 0.25) is 0 Å². The highest BCUT2D eigenvalue weighted by atomic mass is 16.3. The summed E-state index contributed by atoms with van der Waals surface area (Å²) in [4.78, 5) is 11.4. The van der Waals surface area contributed by atoms with Gasteiger partial charge in [-0.25, -0.2) is 0 Å². The van der Waals surface area contributed by atoms with Gasteiger partial charge in [0.1, 0.15) is 11.3 Å². The highest BCUT2D eigenvalue weighted by molar-refractivity contribution is 5.80. The average molecular weight is 243 g/mol. The van der Waals surface area contributed by atoms with Gasteiger partial charge in [-0.1, -0.05) is 18.2 Å². The Labute approximate surface area is 106 Å². The van der Waals surface area contributed by atoms with Crippen LogP contribution in [0.1, 0.15) is 25.0 Å². The van der Waals surface area contributed by atoms with E-state index in [0.717, 1.165) is 49.0 Å². The molecule has 1 amide bonds. The summed E-state index contributed by atoms with van der Waals surface area (Å²) in [6.45, 7) is 0.742. The average Bonchev–Trinajstić information content (AvgIpc) is 3.14. The van der Waals surface area contributed by atoms with Crippen molar-refractivity contribution in [1.29, 1.82) is 0 Å². The first-order chi connectivity index (χ1) is 8.83. The molecule has 2 aromatic rings. The number of hydrogen-bond donors (Lipinski definition) is 1. The molecule has 1 aromatic carbocycles. The van der Waals surface area contributed by atoms with Crippen molar-refractivity contribution in [3.63, 3.8) is 0 Å². The monoisotopic (exact) mass is 243 g/mol. The third-order valence-corrected chi connectivity index (χ3v) is 3.32. The second-order valence-electron chi connectivity index (χ2n) is 4.92. The highest BCUT2D eigenvalue weighted by Crippen LogP contribution is 2.28. The van der Waals surface area contributed by atoms with Gasteiger partial charge in [-0.05, 0) is 31.4 Å². The molecule has 1 heterocycles. The molecule has 1 saturated carbocycles. The number of benzene rings is 1. The lowest BCUT2D eigenvalue weighted by molar-refractivity contribution is -0.122. The summed E-state index contributed by atoms with van der Waals surface area (Å²) in [6, 6.07) is 10.1. The van der Waals surface area contributed by atoms with Gasteiger partial charge in [0.05, 0.1) is 0 Å². The molecule has 0 atom stereocenters. The number of carbonyl (C=O) groups excluding carboxylic acids is 1. The van der Waals surface area contributed by atoms with Gasteiger partial charge in [0.2, 0.25) is 5.91 Å². The number of carbonyl (C=O) groups is 1. The summed E-state index contributed by atoms with van der Waals surface area (Å²) in [5.74, 6) is 1.52. The van der Waals surface area contributed by atoms with E-state index in [1.807, 2.05) is 18.2 Å². The van der Waals surface area contributed by atoms with Crippen molar-refractivity contribution in [2.75, 3.05) is 6.54 Å². The van der Waals surface area contributed by atoms with Crippen molar-refractivity contribution < 1.29 is 9.21 Å². The molecule has 3 nitrogen and oxygen atoms in total. The molecule has 94 valence electrons. The maximum atomic E-state index is 11.4. The summed E-state index contributed by atoms with van der Waals surface area (Å²) < 4.78 is 5.72. The van der Waals surface area contributed by atoms with Crippen LogP contribution in [-0.2, 0) is 11.2 Å². The van der Waals surface area contributed by atoms with E-state index >= 15 is 0 Å². The van der Waals surface area contributed by atoms with Gasteiger partial charge in [-0.3, -0.25) is 4.79 Å². The maximum Gasteiger partial charge on any atom is 0.223 e. The summed E-state index contributed by atoms with van der Waals surface area (Å²) in [5.41, 5.74) is 0.939. The smallest absolute Gasteiger partial charge is 0.223 e. The van der Waals surface area contributed by atoms with E-state index < -0.39 is 0 Å². The molecule has 1 aromatic heterocycles. The van der Waals surface area contributed by atoms with Gasteiger partial charge in [0.15, 0.2) is 0 Å². The molecular formula is C15H17NO2. The minimum atomic E-state index is 0.222. The Bertz CT molecular complexity index is 521. The van der Waals surface area contributed by atoms with Crippen LogP contribution in [0.15, 0.2) is 34.7 Å². The molecule has 1 fully saturated rings. The van der Waals surface area contributed by atoms with Crippen LogP contribution in [0.4, 0.5) is 0 Å². The van der Waals surface area contributed by atoms with Crippen LogP contribution in [-0.4, -0.2) is 12.5 Å². The number of amides is 1. The second kappa shape index (κ2) is 4.84. The maximum absolute atomic E-state index is 11.4. The zero-order chi connectivity index (χ0) is 12.4. The molecule has 0 aliphatic heterocycles. The quantitative estimate of drug-likeness (QED) is 0.820. The molecule has 1 aliphatic rings. The molecule has 0 unspecified atom stereocenters. The zero-order valence-electron chi connectivity index (χ0n) is 10.3. The second-order valence-corrected chi connectivity index (χ2v) is 4.92. The van der Waals surface area contributed by atoms with Crippen LogP contribution in [0.5, 0.6) is 0 Å². The fourth-order valence-corrected chi connectivity index (χ4v) is 2.12. The van der Waals surface area contributed by atoms with E-state index in [1.165, 1.54) is 0 Å². The van der Waals surface area contributed by atoms with Gasteiger partial charge in [-0.15, -0.1) is 0 Å². The minimum absolute atomic E-state index is 0.222. The van der Waals surface area contributed by atoms with Crippen molar-refractivity contribution in [3.8, 4) is 0 Å². The van der Waals surface area contributed by atoms with Crippen molar-refractivity contribution in [1.82, 2.24) is 5.32 Å². The summed E-state index contributed by atoms with van der Waals surface area (Å²) in [5, 5.41) is 4.12. The Morgan fingerprint density at radius 1 is 1.33 bits per heavy atom. The number of fused-ring (bicyclic) bond motifs is 1. The SMILES string of the molecule is O=C(NCCCc1cc2ccccc2o1)C1CC1. The Balaban J connectivity index is 1.48. The molecule has 0 saturated heterocycles. The predicted octanol–water partition coefficient (Wildman–Crippen LogP) is 2.89. The lowest BCUT2D eigenvalue weighted by atomic mass is 10.2. The highest BCUT2D eigenvalue weighted by Gasteiger charge is 2.28. The molecule has 3 heteroatoms. The molecule has 0 radical (unpaired) electrons. The fourth-order valence-electron chi connectivity index (χ4n) is 2.12. The van der Waals surface area contributed by atoms with E-state index in [9.17, 15) is 4.79 Å². The molecule has 3 rings (SSSR count). The Morgan fingerprint density at radius 3 is 2.94 bits per heavy atom. The Morgan fingerprint density at radius 2 is 2.17 bits per heavy atom. The van der Waals surface area contributed by atoms with Crippen LogP contribution in [0.3, 0.4) is 0 Å². The molecule has 0 bridgehead atoms. The van der Waals surface area contributed by atoms with Crippen LogP contribution in [0.25, 0.3) is 11.0 Å². The van der Waals surface area contributed by atoms with Gasteiger partial charge >= 0.3 is 0 Å². The normalized spacial score (nSPS) is 14.9. The molecule has 1 N–H and O–H groups in total. The number of rotatable bonds is 5. The van der Waals surface area contributed by atoms with E-state index in [1.54, 1.807) is 0 Å². The lowest BCUT2D eigenvalue weighted by Crippen LogP contribution is -2.25. The first kappa shape index (κ1) is 11.3. The van der Waals surface area contributed by atoms with E-state index in [-0.39, 0.29) is 5.91 Å². The van der Waals surface area contributed by atoms with Gasteiger partial charge in [0, 0.05) is 24.3 Å². The molecule has 0 spiro atoms. The lowest BCUT2D eigenvalue weighted by Gasteiger charge is -2.02. The minimum Gasteiger partial charge on any atom is -0.461 e. The van der Waals surface area contributed by atoms with Crippen molar-refractivity contribution >= 4 is 16.9 Å². The largest absolute Gasteiger partial charge is 0.461 e. The number of nitrogens with one attached hydrogen (secondary N) is 1. The van der Waals surface area contributed by atoms with Crippen molar-refractivity contribution in [2.24, 2.45) is 5.92 Å². The summed E-state index contributed by atoms with van der Waals surface area (Å²) >= 11 is 0. The number of para-hydroxylation sites is 1. The number of furan rings is 1. The van der Waals surface area contributed by atoms with Crippen molar-refractivity contribution in [3.05, 3.63) is 36.1 Å². The third kappa shape index (κ3) is 2.55. The Kier molecular flexibility index (Phi) is 3.05. The van der Waals surface area contributed by atoms with Crippen LogP contribution >= 0.6 is 0 Å². The first-order valence-corrected chi connectivity index (χ1v) is 6.58. The van der Waals surface area contributed by atoms with E-state index in [0.29, 0.717) is 5.92 Å². The van der Waals surface area contributed by atoms with E-state index in [4.69, 9.17) is 4.42 Å². The Hall–Kier alpha value is -1.77. The number of hydrogen-bond acceptors (Lipinski definition) is 2. The molecule has 1 aliphatic carbocycles.